The Kier molecular flexibility index (Phi) is 13.2. The molecule has 0 aromatic carbocycles. The topological polar surface area (TPSA) is 106 Å². The van der Waals surface area contributed by atoms with Crippen molar-refractivity contribution >= 4 is 24.3 Å². The molecule has 0 aliphatic rings. The second kappa shape index (κ2) is 8.91. The van der Waals surface area contributed by atoms with E-state index in [1.54, 1.807) is 0 Å². The van der Waals surface area contributed by atoms with E-state index in [0.29, 0.717) is 0 Å². The van der Waals surface area contributed by atoms with Crippen molar-refractivity contribution in [1.82, 2.24) is 0 Å². The number of carboxylic acid groups (broad SMARTS) is 2. The molecule has 0 heterocycles. The van der Waals surface area contributed by atoms with Crippen LogP contribution in [0, 0.1) is 0 Å². The van der Waals surface area contributed by atoms with Gasteiger partial charge in [0.2, 0.25) is 0 Å². The average Bonchev–Trinajstić information content (AvgIpc) is 1.82. The number of nitrogens with two attached hydrogens (primary N) is 1. The number of hydrogen-bond donors (Lipinski definition) is 1. The molecule has 0 bridgehead atoms. The standard InChI is InChI=1S/C5H9NO4.ClH.Zn/c6-3(5(9)10)1-2-4(7)8;;/h3H,1-2,6H2,(H,7,8)(H,9,10);1H;/q;;+2/p-2/t3-;;/m0../s1. The van der Waals surface area contributed by atoms with Crippen LogP contribution in [0.15, 0.2) is 0 Å². The molecule has 5 nitrogen and oxygen atoms in total. The van der Waals surface area contributed by atoms with Gasteiger partial charge in [-0.15, -0.1) is 12.4 Å². The monoisotopic (exact) mass is 245 g/mol. The van der Waals surface area contributed by atoms with Crippen molar-refractivity contribution in [1.29, 1.82) is 0 Å². The molecular weight excluding hydrogens is 239 g/mol. The van der Waals surface area contributed by atoms with Gasteiger partial charge in [0.25, 0.3) is 0 Å². The van der Waals surface area contributed by atoms with Gasteiger partial charge in [-0.05, 0) is 12.8 Å². The summed E-state index contributed by atoms with van der Waals surface area (Å²) in [7, 11) is 0. The Labute approximate surface area is 88.5 Å². The van der Waals surface area contributed by atoms with E-state index in [1.807, 2.05) is 0 Å². The molecule has 0 unspecified atom stereocenters. The Hall–Kier alpha value is -0.187. The third-order valence-corrected chi connectivity index (χ3v) is 0.962. The van der Waals surface area contributed by atoms with Crippen LogP contribution in [-0.4, -0.2) is 18.0 Å². The van der Waals surface area contributed by atoms with Crippen LogP contribution in [0.2, 0.25) is 0 Å². The van der Waals surface area contributed by atoms with Crippen LogP contribution < -0.4 is 15.9 Å². The van der Waals surface area contributed by atoms with Crippen molar-refractivity contribution in [2.24, 2.45) is 5.73 Å². The van der Waals surface area contributed by atoms with Crippen LogP contribution in [0.3, 0.4) is 0 Å². The van der Waals surface area contributed by atoms with Crippen molar-refractivity contribution < 1.29 is 39.3 Å². The molecule has 0 saturated carbocycles. The SMILES string of the molecule is Cl.N[C@@H](CCC(=O)[O-])C(=O)[O-].[Zn+2]. The first kappa shape index (κ1) is 17.8. The van der Waals surface area contributed by atoms with Gasteiger partial charge in [0, 0.05) is 12.0 Å². The molecule has 1 atom stereocenters. The van der Waals surface area contributed by atoms with E-state index in [-0.39, 0.29) is 44.7 Å². The van der Waals surface area contributed by atoms with Gasteiger partial charge in [-0.25, -0.2) is 0 Å². The van der Waals surface area contributed by atoms with Crippen LogP contribution in [0.1, 0.15) is 12.8 Å². The van der Waals surface area contributed by atoms with Gasteiger partial charge in [0.15, 0.2) is 0 Å². The minimum absolute atomic E-state index is 0. The molecule has 0 radical (unpaired) electrons. The predicted molar refractivity (Wildman–Crippen MR) is 34.5 cm³/mol. The predicted octanol–water partition coefficient (Wildman–Crippen LogP) is -2.99. The van der Waals surface area contributed by atoms with Crippen LogP contribution in [0.4, 0.5) is 0 Å². The zero-order chi connectivity index (χ0) is 8.15. The Bertz CT molecular complexity index is 154. The molecule has 7 heteroatoms. The number of carboxylic acids is 2. The summed E-state index contributed by atoms with van der Waals surface area (Å²) >= 11 is 0. The second-order valence-corrected chi connectivity index (χ2v) is 1.84. The summed E-state index contributed by atoms with van der Waals surface area (Å²) in [5.74, 6) is -2.75. The largest absolute Gasteiger partial charge is 2.00 e. The van der Waals surface area contributed by atoms with E-state index < -0.39 is 18.0 Å². The summed E-state index contributed by atoms with van der Waals surface area (Å²) in [5, 5.41) is 19.6. The molecule has 0 rings (SSSR count). The van der Waals surface area contributed by atoms with E-state index in [4.69, 9.17) is 5.73 Å². The Morgan fingerprint density at radius 2 is 1.75 bits per heavy atom. The fraction of sp³-hybridized carbons (Fsp3) is 0.600. The fourth-order valence-corrected chi connectivity index (χ4v) is 0.391. The third kappa shape index (κ3) is 9.81. The van der Waals surface area contributed by atoms with E-state index in [1.165, 1.54) is 0 Å². The molecule has 0 aliphatic carbocycles. The minimum atomic E-state index is -1.44. The number of rotatable bonds is 4. The summed E-state index contributed by atoms with van der Waals surface area (Å²) in [6.45, 7) is 0. The van der Waals surface area contributed by atoms with Gasteiger partial charge in [-0.2, -0.15) is 0 Å². The van der Waals surface area contributed by atoms with Gasteiger partial charge in [-0.3, -0.25) is 0 Å². The molecule has 0 amide bonds. The molecule has 0 spiro atoms. The maximum Gasteiger partial charge on any atom is 2.00 e. The third-order valence-electron chi connectivity index (χ3n) is 0.962. The van der Waals surface area contributed by atoms with E-state index in [0.717, 1.165) is 0 Å². The normalized spacial score (nSPS) is 10.4. The summed E-state index contributed by atoms with van der Waals surface area (Å²) in [6, 6.07) is -1.21. The molecule has 66 valence electrons. The Morgan fingerprint density at radius 1 is 1.33 bits per heavy atom. The number of aliphatic carboxylic acids is 2. The molecule has 0 aromatic heterocycles. The van der Waals surface area contributed by atoms with Crippen LogP contribution >= 0.6 is 12.4 Å². The molecule has 12 heavy (non-hydrogen) atoms. The van der Waals surface area contributed by atoms with Gasteiger partial charge >= 0.3 is 19.5 Å². The van der Waals surface area contributed by atoms with Crippen molar-refractivity contribution in [3.8, 4) is 0 Å². The van der Waals surface area contributed by atoms with Crippen LogP contribution in [0.5, 0.6) is 0 Å². The van der Waals surface area contributed by atoms with Crippen molar-refractivity contribution in [2.75, 3.05) is 0 Å². The maximum absolute atomic E-state index is 9.86. The molecule has 2 N–H and O–H groups in total. The first-order chi connectivity index (χ1) is 4.54. The number of carbonyl (C=O) groups excluding carboxylic acids is 2. The molecular formula is C5H8ClNO4Zn. The number of hydrogen-bond acceptors (Lipinski definition) is 5. The molecule has 0 aliphatic heterocycles. The van der Waals surface area contributed by atoms with Gasteiger partial charge in [0.05, 0.1) is 5.97 Å². The number of carbonyl (C=O) groups is 2. The Balaban J connectivity index is -0.000000405. The first-order valence-corrected chi connectivity index (χ1v) is 2.70. The maximum atomic E-state index is 9.86. The number of halogens is 1. The zero-order valence-corrected chi connectivity index (χ0v) is 10.1. The summed E-state index contributed by atoms with van der Waals surface area (Å²) in [4.78, 5) is 19.6. The van der Waals surface area contributed by atoms with Crippen molar-refractivity contribution in [3.63, 3.8) is 0 Å². The second-order valence-electron chi connectivity index (χ2n) is 1.84. The fourth-order valence-electron chi connectivity index (χ4n) is 0.391. The quantitative estimate of drug-likeness (QED) is 0.533. The van der Waals surface area contributed by atoms with Crippen LogP contribution in [-0.2, 0) is 29.1 Å². The minimum Gasteiger partial charge on any atom is -0.550 e. The van der Waals surface area contributed by atoms with E-state index in [9.17, 15) is 19.8 Å². The molecule has 0 fully saturated rings. The summed E-state index contributed by atoms with van der Waals surface area (Å²) in [6.07, 6.45) is -0.500. The Morgan fingerprint density at radius 3 is 2.00 bits per heavy atom. The van der Waals surface area contributed by atoms with Crippen molar-refractivity contribution in [2.45, 2.75) is 18.9 Å². The molecule has 0 aromatic rings. The smallest absolute Gasteiger partial charge is 0.550 e. The first-order valence-electron chi connectivity index (χ1n) is 2.70. The zero-order valence-electron chi connectivity index (χ0n) is 6.32. The average molecular weight is 247 g/mol. The van der Waals surface area contributed by atoms with Crippen molar-refractivity contribution in [3.05, 3.63) is 0 Å². The summed E-state index contributed by atoms with van der Waals surface area (Å²) in [5.41, 5.74) is 4.91. The van der Waals surface area contributed by atoms with Gasteiger partial charge in [-0.1, -0.05) is 0 Å². The van der Waals surface area contributed by atoms with Gasteiger partial charge in [0.1, 0.15) is 0 Å². The van der Waals surface area contributed by atoms with Gasteiger partial charge < -0.3 is 25.5 Å². The summed E-state index contributed by atoms with van der Waals surface area (Å²) < 4.78 is 0. The van der Waals surface area contributed by atoms with Crippen LogP contribution in [0.25, 0.3) is 0 Å². The molecule has 0 saturated heterocycles. The van der Waals surface area contributed by atoms with E-state index in [2.05, 4.69) is 0 Å². The van der Waals surface area contributed by atoms with E-state index >= 15 is 0 Å².